The highest BCUT2D eigenvalue weighted by atomic mass is 19.1. The van der Waals surface area contributed by atoms with Gasteiger partial charge in [-0.1, -0.05) is 0 Å². The van der Waals surface area contributed by atoms with E-state index in [4.69, 9.17) is 0 Å². The van der Waals surface area contributed by atoms with Crippen molar-refractivity contribution in [2.45, 2.75) is 0 Å². The molecule has 0 saturated heterocycles. The molecule has 0 aliphatic heterocycles. The van der Waals surface area contributed by atoms with Crippen LogP contribution in [0.1, 0.15) is 5.56 Å². The number of rotatable bonds is 3. The van der Waals surface area contributed by atoms with Gasteiger partial charge in [-0.05, 0) is 36.4 Å². The zero-order chi connectivity index (χ0) is 11.4. The number of carbonyl (C=O) groups is 1. The minimum atomic E-state index is -0.284. The van der Waals surface area contributed by atoms with Crippen molar-refractivity contribution in [2.24, 2.45) is 0 Å². The van der Waals surface area contributed by atoms with Crippen molar-refractivity contribution in [3.05, 3.63) is 47.9 Å². The fourth-order valence-electron chi connectivity index (χ4n) is 1.41. The first kappa shape index (κ1) is 10.3. The van der Waals surface area contributed by atoms with Gasteiger partial charge < -0.3 is 0 Å². The van der Waals surface area contributed by atoms with E-state index in [9.17, 15) is 9.18 Å². The van der Waals surface area contributed by atoms with Crippen molar-refractivity contribution in [3.63, 3.8) is 0 Å². The Kier molecular flexibility index (Phi) is 2.91. The Morgan fingerprint density at radius 1 is 1.25 bits per heavy atom. The molecule has 0 saturated carbocycles. The number of aromatic amines is 1. The van der Waals surface area contributed by atoms with Crippen LogP contribution in [0.3, 0.4) is 0 Å². The van der Waals surface area contributed by atoms with Crippen LogP contribution in [-0.2, 0) is 4.79 Å². The average molecular weight is 216 g/mol. The van der Waals surface area contributed by atoms with Crippen LogP contribution in [0.5, 0.6) is 0 Å². The maximum Gasteiger partial charge on any atom is 0.142 e. The third kappa shape index (κ3) is 2.06. The van der Waals surface area contributed by atoms with E-state index >= 15 is 0 Å². The topological polar surface area (TPSA) is 45.8 Å². The summed E-state index contributed by atoms with van der Waals surface area (Å²) < 4.78 is 12.7. The van der Waals surface area contributed by atoms with Gasteiger partial charge in [0, 0.05) is 11.1 Å². The number of aldehydes is 1. The maximum absolute atomic E-state index is 12.7. The lowest BCUT2D eigenvalue weighted by atomic mass is 10.1. The smallest absolute Gasteiger partial charge is 0.142 e. The van der Waals surface area contributed by atoms with E-state index in [0.717, 1.165) is 16.8 Å². The quantitative estimate of drug-likeness (QED) is 0.632. The number of allylic oxidation sites excluding steroid dienone is 1. The summed E-state index contributed by atoms with van der Waals surface area (Å²) in [6.45, 7) is 0. The van der Waals surface area contributed by atoms with E-state index in [2.05, 4.69) is 10.2 Å². The minimum absolute atomic E-state index is 0.284. The Morgan fingerprint density at radius 3 is 2.69 bits per heavy atom. The summed E-state index contributed by atoms with van der Waals surface area (Å²) >= 11 is 0. The molecule has 1 aromatic heterocycles. The third-order valence-corrected chi connectivity index (χ3v) is 2.16. The van der Waals surface area contributed by atoms with E-state index < -0.39 is 0 Å². The molecule has 16 heavy (non-hydrogen) atoms. The molecule has 0 amide bonds. The number of carbonyl (C=O) groups excluding carboxylic acids is 1. The molecule has 0 spiro atoms. The molecule has 0 radical (unpaired) electrons. The first-order valence-electron chi connectivity index (χ1n) is 4.72. The molecule has 0 aliphatic rings. The summed E-state index contributed by atoms with van der Waals surface area (Å²) in [6, 6.07) is 6.06. The molecule has 0 bridgehead atoms. The van der Waals surface area contributed by atoms with Crippen molar-refractivity contribution >= 4 is 12.4 Å². The van der Waals surface area contributed by atoms with Gasteiger partial charge in [-0.3, -0.25) is 9.89 Å². The normalized spacial score (nSPS) is 10.8. The molecule has 2 rings (SSSR count). The fourth-order valence-corrected chi connectivity index (χ4v) is 1.41. The first-order valence-corrected chi connectivity index (χ1v) is 4.72. The van der Waals surface area contributed by atoms with Crippen molar-refractivity contribution in [1.29, 1.82) is 0 Å². The van der Waals surface area contributed by atoms with Crippen molar-refractivity contribution in [1.82, 2.24) is 10.2 Å². The largest absolute Gasteiger partial charge is 0.299 e. The number of benzene rings is 1. The van der Waals surface area contributed by atoms with Crippen LogP contribution in [0.25, 0.3) is 17.3 Å². The Hall–Kier alpha value is -2.23. The second-order valence-corrected chi connectivity index (χ2v) is 3.20. The van der Waals surface area contributed by atoms with E-state index in [1.807, 2.05) is 0 Å². The van der Waals surface area contributed by atoms with Gasteiger partial charge in [-0.2, -0.15) is 5.10 Å². The molecule has 3 nitrogen and oxygen atoms in total. The van der Waals surface area contributed by atoms with Crippen molar-refractivity contribution in [2.75, 3.05) is 0 Å². The fraction of sp³-hybridized carbons (Fsp3) is 0. The number of nitrogens with one attached hydrogen (secondary N) is 1. The van der Waals surface area contributed by atoms with Gasteiger partial charge in [-0.25, -0.2) is 4.39 Å². The number of hydrogen-bond acceptors (Lipinski definition) is 2. The first-order chi connectivity index (χ1) is 7.81. The lowest BCUT2D eigenvalue weighted by Crippen LogP contribution is -1.82. The Morgan fingerprint density at radius 2 is 2.00 bits per heavy atom. The number of H-pyrrole nitrogens is 1. The standard InChI is InChI=1S/C12H9FN2O/c13-11-5-3-9(4-6-11)12-10(2-1-7-16)8-14-15-12/h1-8H,(H,14,15)/b2-1+. The van der Waals surface area contributed by atoms with Gasteiger partial charge in [0.05, 0.1) is 11.9 Å². The summed E-state index contributed by atoms with van der Waals surface area (Å²) in [5.74, 6) is -0.284. The number of aromatic nitrogens is 2. The SMILES string of the molecule is O=C/C=C/c1cn[nH]c1-c1ccc(F)cc1. The highest BCUT2D eigenvalue weighted by Crippen LogP contribution is 2.22. The third-order valence-electron chi connectivity index (χ3n) is 2.16. The highest BCUT2D eigenvalue weighted by Gasteiger charge is 2.04. The van der Waals surface area contributed by atoms with Crippen LogP contribution < -0.4 is 0 Å². The summed E-state index contributed by atoms with van der Waals surface area (Å²) in [5.41, 5.74) is 2.38. The lowest BCUT2D eigenvalue weighted by molar-refractivity contribution is -0.104. The van der Waals surface area contributed by atoms with Gasteiger partial charge in [0.2, 0.25) is 0 Å². The van der Waals surface area contributed by atoms with Gasteiger partial charge in [0.15, 0.2) is 0 Å². The summed E-state index contributed by atoms with van der Waals surface area (Å²) in [5, 5.41) is 6.70. The van der Waals surface area contributed by atoms with E-state index in [-0.39, 0.29) is 5.82 Å². The second-order valence-electron chi connectivity index (χ2n) is 3.20. The van der Waals surface area contributed by atoms with Gasteiger partial charge >= 0.3 is 0 Å². The van der Waals surface area contributed by atoms with E-state index in [1.165, 1.54) is 18.2 Å². The summed E-state index contributed by atoms with van der Waals surface area (Å²) in [7, 11) is 0. The molecule has 0 atom stereocenters. The molecular weight excluding hydrogens is 207 g/mol. The van der Waals surface area contributed by atoms with E-state index in [0.29, 0.717) is 6.29 Å². The summed E-state index contributed by atoms with van der Waals surface area (Å²) in [4.78, 5) is 10.2. The second kappa shape index (κ2) is 4.53. The van der Waals surface area contributed by atoms with Crippen LogP contribution in [0.15, 0.2) is 36.5 Å². The molecule has 1 N–H and O–H groups in total. The Labute approximate surface area is 91.6 Å². The number of nitrogens with zero attached hydrogens (tertiary/aromatic N) is 1. The molecular formula is C12H9FN2O. The predicted molar refractivity (Wildman–Crippen MR) is 59.1 cm³/mol. The number of hydrogen-bond donors (Lipinski definition) is 1. The Bertz CT molecular complexity index is 514. The molecule has 2 aromatic rings. The zero-order valence-electron chi connectivity index (χ0n) is 8.35. The summed E-state index contributed by atoms with van der Waals surface area (Å²) in [6.07, 6.45) is 5.34. The van der Waals surface area contributed by atoms with Crippen LogP contribution in [0.2, 0.25) is 0 Å². The van der Waals surface area contributed by atoms with Gasteiger partial charge in [-0.15, -0.1) is 0 Å². The molecule has 1 aromatic carbocycles. The maximum atomic E-state index is 12.7. The van der Waals surface area contributed by atoms with Crippen LogP contribution in [0.4, 0.5) is 4.39 Å². The highest BCUT2D eigenvalue weighted by molar-refractivity contribution is 5.79. The van der Waals surface area contributed by atoms with Crippen molar-refractivity contribution in [3.8, 4) is 11.3 Å². The predicted octanol–water partition coefficient (Wildman–Crippen LogP) is 2.43. The molecule has 0 unspecified atom stereocenters. The molecule has 4 heteroatoms. The Balaban J connectivity index is 2.40. The van der Waals surface area contributed by atoms with Gasteiger partial charge in [0.25, 0.3) is 0 Å². The molecule has 1 heterocycles. The average Bonchev–Trinajstić information content (AvgIpc) is 2.75. The zero-order valence-corrected chi connectivity index (χ0v) is 8.35. The lowest BCUT2D eigenvalue weighted by Gasteiger charge is -1.99. The molecule has 0 fully saturated rings. The van der Waals surface area contributed by atoms with Gasteiger partial charge in [0.1, 0.15) is 12.1 Å². The number of halogens is 1. The minimum Gasteiger partial charge on any atom is -0.299 e. The van der Waals surface area contributed by atoms with Crippen LogP contribution in [-0.4, -0.2) is 16.5 Å². The van der Waals surface area contributed by atoms with Crippen molar-refractivity contribution < 1.29 is 9.18 Å². The van der Waals surface area contributed by atoms with Crippen LogP contribution in [0, 0.1) is 5.82 Å². The molecule has 0 aliphatic carbocycles. The molecule has 80 valence electrons. The van der Waals surface area contributed by atoms with E-state index in [1.54, 1.807) is 24.4 Å². The monoisotopic (exact) mass is 216 g/mol. The van der Waals surface area contributed by atoms with Crippen LogP contribution >= 0.6 is 0 Å².